The smallest absolute Gasteiger partial charge is 0.241 e. The molecule has 0 aliphatic rings. The molecule has 0 aromatic heterocycles. The molecular formula is C12H18N2O2S. The third-order valence-electron chi connectivity index (χ3n) is 2.50. The molecule has 0 fully saturated rings. The summed E-state index contributed by atoms with van der Waals surface area (Å²) in [6, 6.07) is 4.47. The van der Waals surface area contributed by atoms with E-state index in [0.29, 0.717) is 5.69 Å². The number of anilines is 1. The number of sulfonamides is 1. The summed E-state index contributed by atoms with van der Waals surface area (Å²) in [5.74, 6) is 0. The molecule has 1 atom stereocenters. The van der Waals surface area contributed by atoms with Crippen LogP contribution in [0, 0.1) is 0 Å². The fourth-order valence-electron chi connectivity index (χ4n) is 1.42. The molecule has 94 valence electrons. The second-order valence-electron chi connectivity index (χ2n) is 3.86. The highest BCUT2D eigenvalue weighted by Gasteiger charge is 2.16. The van der Waals surface area contributed by atoms with Gasteiger partial charge >= 0.3 is 0 Å². The van der Waals surface area contributed by atoms with Crippen molar-refractivity contribution in [2.45, 2.75) is 31.2 Å². The van der Waals surface area contributed by atoms with Crippen LogP contribution in [0.15, 0.2) is 35.7 Å². The first-order valence-corrected chi connectivity index (χ1v) is 6.92. The van der Waals surface area contributed by atoms with Crippen LogP contribution in [-0.4, -0.2) is 14.5 Å². The van der Waals surface area contributed by atoms with E-state index in [0.717, 1.165) is 12.0 Å². The third-order valence-corrected chi connectivity index (χ3v) is 4.06. The molecule has 1 unspecified atom stereocenters. The molecule has 0 radical (unpaired) electrons. The van der Waals surface area contributed by atoms with E-state index in [1.54, 1.807) is 19.1 Å². The van der Waals surface area contributed by atoms with Gasteiger partial charge in [0.15, 0.2) is 0 Å². The molecular weight excluding hydrogens is 236 g/mol. The molecule has 3 N–H and O–H groups in total. The van der Waals surface area contributed by atoms with Crippen LogP contribution in [0.5, 0.6) is 0 Å². The van der Waals surface area contributed by atoms with Crippen LogP contribution in [0.3, 0.4) is 0 Å². The van der Waals surface area contributed by atoms with Crippen molar-refractivity contribution in [2.75, 3.05) is 5.73 Å². The summed E-state index contributed by atoms with van der Waals surface area (Å²) in [5.41, 5.74) is 7.23. The van der Waals surface area contributed by atoms with Gasteiger partial charge in [-0.2, -0.15) is 0 Å². The monoisotopic (exact) mass is 254 g/mol. The van der Waals surface area contributed by atoms with Gasteiger partial charge in [0.2, 0.25) is 10.0 Å². The van der Waals surface area contributed by atoms with Crippen molar-refractivity contribution in [1.29, 1.82) is 0 Å². The maximum atomic E-state index is 11.9. The quantitative estimate of drug-likeness (QED) is 0.620. The Morgan fingerprint density at radius 1 is 1.53 bits per heavy atom. The molecule has 0 aliphatic carbocycles. The predicted octanol–water partition coefficient (Wildman–Crippen LogP) is 1.68. The molecule has 0 aliphatic heterocycles. The lowest BCUT2D eigenvalue weighted by Crippen LogP contribution is -2.31. The van der Waals surface area contributed by atoms with Gasteiger partial charge in [0, 0.05) is 11.7 Å². The summed E-state index contributed by atoms with van der Waals surface area (Å²) in [6.45, 7) is 7.22. The first kappa shape index (κ1) is 13.7. The fraction of sp³-hybridized carbons (Fsp3) is 0.333. The Morgan fingerprint density at radius 2 is 2.18 bits per heavy atom. The first-order valence-electron chi connectivity index (χ1n) is 5.44. The molecule has 5 heteroatoms. The number of benzene rings is 1. The summed E-state index contributed by atoms with van der Waals surface area (Å²) in [5, 5.41) is 0. The molecule has 1 rings (SSSR count). The lowest BCUT2D eigenvalue weighted by molar-refractivity contribution is 0.576. The average molecular weight is 254 g/mol. The van der Waals surface area contributed by atoms with Crippen molar-refractivity contribution < 1.29 is 8.42 Å². The Hall–Kier alpha value is -1.33. The molecule has 17 heavy (non-hydrogen) atoms. The summed E-state index contributed by atoms with van der Waals surface area (Å²) in [4.78, 5) is 0.181. The highest BCUT2D eigenvalue weighted by molar-refractivity contribution is 7.89. The minimum absolute atomic E-state index is 0.181. The van der Waals surface area contributed by atoms with Gasteiger partial charge in [0.1, 0.15) is 0 Å². The van der Waals surface area contributed by atoms with Crippen molar-refractivity contribution in [3.05, 3.63) is 36.4 Å². The average Bonchev–Trinajstić information content (AvgIpc) is 2.28. The molecule has 0 amide bonds. The second kappa shape index (κ2) is 5.33. The van der Waals surface area contributed by atoms with E-state index >= 15 is 0 Å². The zero-order valence-electron chi connectivity index (χ0n) is 10.1. The normalized spacial score (nSPS) is 13.3. The number of hydrogen-bond donors (Lipinski definition) is 2. The lowest BCUT2D eigenvalue weighted by Gasteiger charge is -2.11. The van der Waals surface area contributed by atoms with E-state index in [2.05, 4.69) is 11.3 Å². The van der Waals surface area contributed by atoms with Crippen molar-refractivity contribution in [1.82, 2.24) is 4.72 Å². The summed E-state index contributed by atoms with van der Waals surface area (Å²) in [6.07, 6.45) is 2.31. The van der Waals surface area contributed by atoms with Crippen LogP contribution in [0.4, 0.5) is 5.69 Å². The van der Waals surface area contributed by atoms with Crippen molar-refractivity contribution in [3.8, 4) is 0 Å². The van der Waals surface area contributed by atoms with Gasteiger partial charge in [-0.05, 0) is 31.0 Å². The zero-order valence-corrected chi connectivity index (χ0v) is 10.9. The van der Waals surface area contributed by atoms with Crippen LogP contribution in [0.25, 0.3) is 0 Å². The Morgan fingerprint density at radius 3 is 2.65 bits per heavy atom. The number of nitrogen functional groups attached to an aromatic ring is 1. The van der Waals surface area contributed by atoms with E-state index < -0.39 is 10.0 Å². The first-order chi connectivity index (χ1) is 7.90. The maximum Gasteiger partial charge on any atom is 0.241 e. The largest absolute Gasteiger partial charge is 0.398 e. The van der Waals surface area contributed by atoms with Crippen LogP contribution in [0.2, 0.25) is 0 Å². The van der Waals surface area contributed by atoms with Gasteiger partial charge < -0.3 is 5.73 Å². The second-order valence-corrected chi connectivity index (χ2v) is 5.57. The Bertz CT molecular complexity index is 509. The third kappa shape index (κ3) is 3.31. The number of nitrogens with one attached hydrogen (secondary N) is 1. The molecule has 0 bridgehead atoms. The van der Waals surface area contributed by atoms with Gasteiger partial charge in [-0.3, -0.25) is 0 Å². The summed E-state index contributed by atoms with van der Waals surface area (Å²) >= 11 is 0. The highest BCUT2D eigenvalue weighted by Crippen LogP contribution is 2.18. The van der Waals surface area contributed by atoms with E-state index in [4.69, 9.17) is 5.73 Å². The van der Waals surface area contributed by atoms with Crippen LogP contribution in [0.1, 0.15) is 19.4 Å². The van der Waals surface area contributed by atoms with Gasteiger partial charge in [-0.1, -0.05) is 19.1 Å². The molecule has 0 saturated heterocycles. The van der Waals surface area contributed by atoms with Crippen molar-refractivity contribution in [2.24, 2.45) is 0 Å². The van der Waals surface area contributed by atoms with Crippen LogP contribution >= 0.6 is 0 Å². The number of nitrogens with two attached hydrogens (primary N) is 1. The Labute approximate surface area is 103 Å². The van der Waals surface area contributed by atoms with Crippen molar-refractivity contribution >= 4 is 15.7 Å². The van der Waals surface area contributed by atoms with E-state index in [1.165, 1.54) is 12.1 Å². The highest BCUT2D eigenvalue weighted by atomic mass is 32.2. The van der Waals surface area contributed by atoms with Gasteiger partial charge in [-0.15, -0.1) is 6.58 Å². The number of hydrogen-bond acceptors (Lipinski definition) is 3. The van der Waals surface area contributed by atoms with Crippen LogP contribution < -0.4 is 10.5 Å². The summed E-state index contributed by atoms with van der Waals surface area (Å²) < 4.78 is 26.4. The molecule has 0 saturated carbocycles. The molecule has 1 aromatic rings. The van der Waals surface area contributed by atoms with E-state index in [1.807, 2.05) is 6.92 Å². The number of aryl methyl sites for hydroxylation is 1. The Balaban J connectivity index is 3.08. The SMILES string of the molecule is C=CC(C)NS(=O)(=O)c1ccc(CC)c(N)c1. The van der Waals surface area contributed by atoms with Gasteiger partial charge in [-0.25, -0.2) is 13.1 Å². The van der Waals surface area contributed by atoms with Gasteiger partial charge in [0.25, 0.3) is 0 Å². The maximum absolute atomic E-state index is 11.9. The van der Waals surface area contributed by atoms with E-state index in [-0.39, 0.29) is 10.9 Å². The fourth-order valence-corrected chi connectivity index (χ4v) is 2.67. The van der Waals surface area contributed by atoms with E-state index in [9.17, 15) is 8.42 Å². The molecule has 0 heterocycles. The number of rotatable bonds is 5. The van der Waals surface area contributed by atoms with Crippen molar-refractivity contribution in [3.63, 3.8) is 0 Å². The minimum Gasteiger partial charge on any atom is -0.398 e. The molecule has 1 aromatic carbocycles. The Kier molecular flexibility index (Phi) is 4.31. The predicted molar refractivity (Wildman–Crippen MR) is 70.2 cm³/mol. The minimum atomic E-state index is -3.52. The lowest BCUT2D eigenvalue weighted by atomic mass is 10.1. The standard InChI is InChI=1S/C12H18N2O2S/c1-4-9(3)14-17(15,16)11-7-6-10(5-2)12(13)8-11/h4,6-9,14H,1,5,13H2,2-3H3. The van der Waals surface area contributed by atoms with Gasteiger partial charge in [0.05, 0.1) is 4.90 Å². The summed E-state index contributed by atoms with van der Waals surface area (Å²) in [7, 11) is -3.52. The van der Waals surface area contributed by atoms with Crippen LogP contribution in [-0.2, 0) is 16.4 Å². The topological polar surface area (TPSA) is 72.2 Å². The molecule has 4 nitrogen and oxygen atoms in total. The zero-order chi connectivity index (χ0) is 13.1. The molecule has 0 spiro atoms.